The highest BCUT2D eigenvalue weighted by Crippen LogP contribution is 2.48. The zero-order valence-corrected chi connectivity index (χ0v) is 17.9. The van der Waals surface area contributed by atoms with Gasteiger partial charge >= 0.3 is 6.03 Å². The van der Waals surface area contributed by atoms with E-state index in [2.05, 4.69) is 25.5 Å². The van der Waals surface area contributed by atoms with Gasteiger partial charge < -0.3 is 9.47 Å². The summed E-state index contributed by atoms with van der Waals surface area (Å²) in [6.07, 6.45) is 6.48. The average molecular weight is 440 g/mol. The van der Waals surface area contributed by atoms with Crippen molar-refractivity contribution in [3.8, 4) is 5.88 Å². The maximum atomic E-state index is 13.2. The van der Waals surface area contributed by atoms with E-state index in [4.69, 9.17) is 14.5 Å². The van der Waals surface area contributed by atoms with Gasteiger partial charge in [0.15, 0.2) is 0 Å². The van der Waals surface area contributed by atoms with Crippen LogP contribution in [0.1, 0.15) is 32.0 Å². The van der Waals surface area contributed by atoms with Gasteiger partial charge in [-0.05, 0) is 25.8 Å². The Morgan fingerprint density at radius 1 is 1.16 bits per heavy atom. The number of rotatable bonds is 2. The topological polar surface area (TPSA) is 135 Å². The zero-order valence-electron chi connectivity index (χ0n) is 17.9. The van der Waals surface area contributed by atoms with Crippen molar-refractivity contribution in [3.05, 3.63) is 29.7 Å². The van der Waals surface area contributed by atoms with Crippen molar-refractivity contribution in [2.45, 2.75) is 50.6 Å². The quantitative estimate of drug-likeness (QED) is 0.490. The predicted octanol–water partition coefficient (Wildman–Crippen LogP) is 0.140. The fourth-order valence-corrected chi connectivity index (χ4v) is 5.48. The summed E-state index contributed by atoms with van der Waals surface area (Å²) in [5.41, 5.74) is -0.0995. The molecule has 5 heterocycles. The molecule has 11 heteroatoms. The molecule has 32 heavy (non-hydrogen) atoms. The van der Waals surface area contributed by atoms with E-state index in [1.165, 1.54) is 13.3 Å². The number of fused-ring (bicyclic) bond motifs is 4. The van der Waals surface area contributed by atoms with Gasteiger partial charge in [-0.3, -0.25) is 35.1 Å². The van der Waals surface area contributed by atoms with Crippen LogP contribution in [0.15, 0.2) is 29.0 Å². The number of aliphatic imine (C=N–C) groups is 1. The maximum absolute atomic E-state index is 13.2. The van der Waals surface area contributed by atoms with Crippen molar-refractivity contribution in [2.75, 3.05) is 13.7 Å². The molecule has 1 spiro atoms. The molecule has 4 amide bonds. The minimum absolute atomic E-state index is 0.0970. The molecule has 0 aliphatic carbocycles. The molecule has 0 radical (unpaired) electrons. The molecular weight excluding hydrogens is 416 g/mol. The number of morpholine rings is 1. The number of aromatic nitrogens is 2. The van der Waals surface area contributed by atoms with E-state index in [1.807, 2.05) is 26.1 Å². The summed E-state index contributed by atoms with van der Waals surface area (Å²) in [5, 5.41) is 4.59. The van der Waals surface area contributed by atoms with Gasteiger partial charge in [0.2, 0.25) is 17.7 Å². The second kappa shape index (κ2) is 7.45. The number of imide groups is 2. The summed E-state index contributed by atoms with van der Waals surface area (Å²) in [6, 6.07) is -2.02. The molecule has 2 N–H and O–H groups in total. The molecule has 168 valence electrons. The zero-order chi connectivity index (χ0) is 22.6. The first-order chi connectivity index (χ1) is 15.3. The van der Waals surface area contributed by atoms with Gasteiger partial charge in [0.25, 0.3) is 0 Å². The Morgan fingerprint density at radius 2 is 1.88 bits per heavy atom. The molecule has 2 unspecified atom stereocenters. The van der Waals surface area contributed by atoms with Crippen LogP contribution in [-0.4, -0.2) is 76.9 Å². The number of amides is 4. The molecule has 3 fully saturated rings. The van der Waals surface area contributed by atoms with Crippen molar-refractivity contribution in [2.24, 2.45) is 10.4 Å². The SMILES string of the molecule is COc1nccnc1C1C=C2CC3(C(=O)NC(=O)NC3=O)[C@H]3[C@H](C)O[C@H](C)CN3C2C=N1. The van der Waals surface area contributed by atoms with Gasteiger partial charge in [-0.25, -0.2) is 9.78 Å². The van der Waals surface area contributed by atoms with Gasteiger partial charge in [-0.2, -0.15) is 0 Å². The lowest BCUT2D eigenvalue weighted by Gasteiger charge is -2.57. The largest absolute Gasteiger partial charge is 0.480 e. The molecule has 1 aromatic rings. The minimum atomic E-state index is -1.50. The van der Waals surface area contributed by atoms with Gasteiger partial charge in [0.05, 0.1) is 31.4 Å². The first-order valence-corrected chi connectivity index (χ1v) is 10.5. The Balaban J connectivity index is 1.61. The number of nitrogens with zero attached hydrogens (tertiary/aromatic N) is 4. The Bertz CT molecular complexity index is 1030. The highest BCUT2D eigenvalue weighted by molar-refractivity contribution is 6.20. The third kappa shape index (κ3) is 2.95. The maximum Gasteiger partial charge on any atom is 0.328 e. The molecule has 0 aromatic carbocycles. The van der Waals surface area contributed by atoms with E-state index in [0.29, 0.717) is 18.1 Å². The molecule has 0 saturated carbocycles. The number of carbonyl (C=O) groups excluding carboxylic acids is 3. The first-order valence-electron chi connectivity index (χ1n) is 10.5. The first kappa shape index (κ1) is 20.7. The van der Waals surface area contributed by atoms with Crippen LogP contribution in [0.2, 0.25) is 0 Å². The van der Waals surface area contributed by atoms with Crippen molar-refractivity contribution >= 4 is 24.1 Å². The van der Waals surface area contributed by atoms with Crippen molar-refractivity contribution in [3.63, 3.8) is 0 Å². The second-order valence-electron chi connectivity index (χ2n) is 8.56. The van der Waals surface area contributed by atoms with Crippen molar-refractivity contribution < 1.29 is 23.9 Å². The number of hydrogen-bond donors (Lipinski definition) is 2. The fourth-order valence-electron chi connectivity index (χ4n) is 5.48. The fraction of sp³-hybridized carbons (Fsp3) is 0.524. The predicted molar refractivity (Wildman–Crippen MR) is 111 cm³/mol. The van der Waals surface area contributed by atoms with Gasteiger partial charge in [0.1, 0.15) is 17.2 Å². The number of barbiturate groups is 1. The number of hydrogen-bond acceptors (Lipinski definition) is 9. The number of dihydropyridines is 1. The van der Waals surface area contributed by atoms with Crippen LogP contribution >= 0.6 is 0 Å². The number of urea groups is 1. The molecule has 5 rings (SSSR count). The van der Waals surface area contributed by atoms with Crippen LogP contribution in [0.4, 0.5) is 4.79 Å². The third-order valence-electron chi connectivity index (χ3n) is 6.63. The van der Waals surface area contributed by atoms with E-state index < -0.39 is 41.4 Å². The number of nitrogens with one attached hydrogen (secondary N) is 2. The number of piperidine rings is 1. The third-order valence-corrected chi connectivity index (χ3v) is 6.63. The summed E-state index contributed by atoms with van der Waals surface area (Å²) in [7, 11) is 1.51. The molecule has 4 aliphatic heterocycles. The van der Waals surface area contributed by atoms with E-state index in [1.54, 1.807) is 6.20 Å². The van der Waals surface area contributed by atoms with Crippen LogP contribution in [-0.2, 0) is 14.3 Å². The smallest absolute Gasteiger partial charge is 0.328 e. The van der Waals surface area contributed by atoms with E-state index >= 15 is 0 Å². The number of methoxy groups -OCH3 is 1. The van der Waals surface area contributed by atoms with Crippen molar-refractivity contribution in [1.82, 2.24) is 25.5 Å². The monoisotopic (exact) mass is 440 g/mol. The lowest BCUT2D eigenvalue weighted by Crippen LogP contribution is -2.76. The van der Waals surface area contributed by atoms with Crippen molar-refractivity contribution in [1.29, 1.82) is 0 Å². The standard InChI is InChI=1S/C21H24N6O5/c1-10-9-27-14-8-24-13(15-17(31-3)23-5-4-22-15)6-12(14)7-21(16(27)11(2)32-10)18(28)25-20(30)26-19(21)29/h4-6,8,10-11,13-14,16H,7,9H2,1-3H3,(H2,25,26,28,29,30)/t10-,11+,13?,14?,16-/m1/s1. The molecule has 1 aromatic heterocycles. The Kier molecular flexibility index (Phi) is 4.82. The molecule has 3 saturated heterocycles. The highest BCUT2D eigenvalue weighted by Gasteiger charge is 2.64. The Labute approximate surface area is 184 Å². The second-order valence-corrected chi connectivity index (χ2v) is 8.56. The molecular formula is C21H24N6O5. The van der Waals surface area contributed by atoms with Crippen LogP contribution in [0.5, 0.6) is 5.88 Å². The van der Waals surface area contributed by atoms with Crippen LogP contribution in [0, 0.1) is 5.41 Å². The number of ether oxygens (including phenoxy) is 2. The van der Waals surface area contributed by atoms with E-state index in [9.17, 15) is 14.4 Å². The summed E-state index contributed by atoms with van der Waals surface area (Å²) in [5.74, 6) is -0.857. The van der Waals surface area contributed by atoms with Crippen LogP contribution in [0.25, 0.3) is 0 Å². The highest BCUT2D eigenvalue weighted by atomic mass is 16.5. The summed E-state index contributed by atoms with van der Waals surface area (Å²) in [4.78, 5) is 53.6. The Hall–Kier alpha value is -3.18. The van der Waals surface area contributed by atoms with E-state index in [-0.39, 0.29) is 18.6 Å². The van der Waals surface area contributed by atoms with Crippen LogP contribution in [0.3, 0.4) is 0 Å². The normalized spacial score (nSPS) is 33.7. The van der Waals surface area contributed by atoms with Crippen LogP contribution < -0.4 is 15.4 Å². The lowest BCUT2D eigenvalue weighted by atomic mass is 9.64. The van der Waals surface area contributed by atoms with Gasteiger partial charge in [0, 0.05) is 25.2 Å². The summed E-state index contributed by atoms with van der Waals surface area (Å²) in [6.45, 7) is 4.32. The molecule has 4 aliphatic rings. The molecule has 11 nitrogen and oxygen atoms in total. The van der Waals surface area contributed by atoms with Gasteiger partial charge in [-0.1, -0.05) is 6.08 Å². The number of carbonyl (C=O) groups is 3. The summed E-state index contributed by atoms with van der Waals surface area (Å²) < 4.78 is 11.4. The summed E-state index contributed by atoms with van der Waals surface area (Å²) >= 11 is 0. The molecule has 0 bridgehead atoms. The lowest BCUT2D eigenvalue weighted by molar-refractivity contribution is -0.178. The Morgan fingerprint density at radius 3 is 2.59 bits per heavy atom. The van der Waals surface area contributed by atoms with Gasteiger partial charge in [-0.15, -0.1) is 0 Å². The minimum Gasteiger partial charge on any atom is -0.480 e. The van der Waals surface area contributed by atoms with E-state index in [0.717, 1.165) is 5.57 Å². The average Bonchev–Trinajstić information content (AvgIpc) is 2.76. The molecule has 5 atom stereocenters.